The number of carbonyl (C=O) groups excluding carboxylic acids is 2. The maximum atomic E-state index is 11.6. The summed E-state index contributed by atoms with van der Waals surface area (Å²) in [6.07, 6.45) is 0. The monoisotopic (exact) mass is 315 g/mol. The third kappa shape index (κ3) is 3.70. The first-order chi connectivity index (χ1) is 10.9. The van der Waals surface area contributed by atoms with E-state index in [1.165, 1.54) is 56.5 Å². The van der Waals surface area contributed by atoms with Crippen molar-refractivity contribution >= 4 is 17.4 Å². The molecule has 118 valence electrons. The smallest absolute Gasteiger partial charge is 0.337 e. The SMILES string of the molecule is COC(=O)c1ccc(Oc2ccc([N+](=O)[O-])cc2C(C)=O)cc1. The van der Waals surface area contributed by atoms with Crippen molar-refractivity contribution in [3.8, 4) is 11.5 Å². The molecule has 0 aliphatic heterocycles. The van der Waals surface area contributed by atoms with Gasteiger partial charge in [-0.25, -0.2) is 4.79 Å². The molecule has 7 nitrogen and oxygen atoms in total. The number of ether oxygens (including phenoxy) is 2. The number of benzene rings is 2. The second kappa shape index (κ2) is 6.69. The number of rotatable bonds is 5. The fraction of sp³-hybridized carbons (Fsp3) is 0.125. The van der Waals surface area contributed by atoms with E-state index in [0.717, 1.165) is 0 Å². The zero-order chi connectivity index (χ0) is 17.0. The largest absolute Gasteiger partial charge is 0.465 e. The van der Waals surface area contributed by atoms with Gasteiger partial charge in [-0.15, -0.1) is 0 Å². The van der Waals surface area contributed by atoms with Crippen LogP contribution in [0.25, 0.3) is 0 Å². The fourth-order valence-corrected chi connectivity index (χ4v) is 1.90. The second-order valence-electron chi connectivity index (χ2n) is 4.61. The first kappa shape index (κ1) is 16.2. The van der Waals surface area contributed by atoms with Crippen molar-refractivity contribution < 1.29 is 24.0 Å². The molecule has 0 aliphatic carbocycles. The molecule has 2 rings (SSSR count). The summed E-state index contributed by atoms with van der Waals surface area (Å²) in [5.41, 5.74) is 0.273. The third-order valence-electron chi connectivity index (χ3n) is 3.06. The lowest BCUT2D eigenvalue weighted by molar-refractivity contribution is -0.384. The molecule has 0 saturated carbocycles. The van der Waals surface area contributed by atoms with Gasteiger partial charge in [0.25, 0.3) is 5.69 Å². The molecule has 0 bridgehead atoms. The number of non-ortho nitro benzene ring substituents is 1. The maximum absolute atomic E-state index is 11.6. The highest BCUT2D eigenvalue weighted by atomic mass is 16.6. The molecule has 0 N–H and O–H groups in total. The molecule has 0 unspecified atom stereocenters. The van der Waals surface area contributed by atoms with E-state index in [2.05, 4.69) is 4.74 Å². The number of nitro benzene ring substituents is 1. The van der Waals surface area contributed by atoms with Crippen LogP contribution < -0.4 is 4.74 Å². The summed E-state index contributed by atoms with van der Waals surface area (Å²) in [6, 6.07) is 9.89. The molecular formula is C16H13NO6. The zero-order valence-corrected chi connectivity index (χ0v) is 12.4. The predicted molar refractivity (Wildman–Crippen MR) is 81.0 cm³/mol. The molecule has 0 spiro atoms. The van der Waals surface area contributed by atoms with Crippen LogP contribution in [0.5, 0.6) is 11.5 Å². The Hall–Kier alpha value is -3.22. The number of hydrogen-bond donors (Lipinski definition) is 0. The molecular weight excluding hydrogens is 302 g/mol. The average Bonchev–Trinajstić information content (AvgIpc) is 2.54. The molecule has 0 saturated heterocycles. The van der Waals surface area contributed by atoms with Crippen LogP contribution in [0, 0.1) is 10.1 Å². The minimum atomic E-state index is -0.582. The van der Waals surface area contributed by atoms with Gasteiger partial charge in [-0.3, -0.25) is 14.9 Å². The standard InChI is InChI=1S/C16H13NO6/c1-10(18)14-9-12(17(20)21)5-8-15(14)23-13-6-3-11(4-7-13)16(19)22-2/h3-9H,1-2H3. The van der Waals surface area contributed by atoms with E-state index >= 15 is 0 Å². The van der Waals surface area contributed by atoms with Crippen LogP contribution in [0.1, 0.15) is 27.6 Å². The first-order valence-electron chi connectivity index (χ1n) is 6.58. The van der Waals surface area contributed by atoms with E-state index in [1.54, 1.807) is 0 Å². The van der Waals surface area contributed by atoms with Crippen LogP contribution in [0.4, 0.5) is 5.69 Å². The Morgan fingerprint density at radius 3 is 2.26 bits per heavy atom. The van der Waals surface area contributed by atoms with Gasteiger partial charge in [0, 0.05) is 12.1 Å². The summed E-state index contributed by atoms with van der Waals surface area (Å²) in [7, 11) is 1.28. The minimum absolute atomic E-state index is 0.108. The van der Waals surface area contributed by atoms with Crippen molar-refractivity contribution in [3.63, 3.8) is 0 Å². The molecule has 2 aromatic rings. The van der Waals surface area contributed by atoms with E-state index in [0.29, 0.717) is 11.3 Å². The van der Waals surface area contributed by atoms with Crippen molar-refractivity contribution in [1.29, 1.82) is 0 Å². The summed E-state index contributed by atoms with van der Waals surface area (Å²) in [5, 5.41) is 10.8. The van der Waals surface area contributed by atoms with Crippen LogP contribution in [0.2, 0.25) is 0 Å². The summed E-state index contributed by atoms with van der Waals surface area (Å²) >= 11 is 0. The molecule has 0 aliphatic rings. The van der Waals surface area contributed by atoms with Gasteiger partial charge in [0.05, 0.1) is 23.2 Å². The number of ketones is 1. The molecule has 0 fully saturated rings. The number of hydrogen-bond acceptors (Lipinski definition) is 6. The number of carbonyl (C=O) groups is 2. The van der Waals surface area contributed by atoms with Crippen LogP contribution in [0.15, 0.2) is 42.5 Å². The van der Waals surface area contributed by atoms with Gasteiger partial charge in [-0.2, -0.15) is 0 Å². The van der Waals surface area contributed by atoms with Crippen LogP contribution >= 0.6 is 0 Å². The predicted octanol–water partition coefficient (Wildman–Crippen LogP) is 3.38. The van der Waals surface area contributed by atoms with Crippen LogP contribution in [-0.2, 0) is 4.74 Å². The van der Waals surface area contributed by atoms with Gasteiger partial charge in [0.15, 0.2) is 5.78 Å². The van der Waals surface area contributed by atoms with Gasteiger partial charge < -0.3 is 9.47 Å². The van der Waals surface area contributed by atoms with E-state index in [1.807, 2.05) is 0 Å². The van der Waals surface area contributed by atoms with Crippen molar-refractivity contribution in [1.82, 2.24) is 0 Å². The Morgan fingerprint density at radius 1 is 1.09 bits per heavy atom. The molecule has 7 heteroatoms. The third-order valence-corrected chi connectivity index (χ3v) is 3.06. The highest BCUT2D eigenvalue weighted by molar-refractivity contribution is 5.97. The number of nitrogens with zero attached hydrogens (tertiary/aromatic N) is 1. The normalized spacial score (nSPS) is 10.0. The van der Waals surface area contributed by atoms with Gasteiger partial charge in [-0.1, -0.05) is 0 Å². The second-order valence-corrected chi connectivity index (χ2v) is 4.61. The van der Waals surface area contributed by atoms with Crippen molar-refractivity contribution in [2.75, 3.05) is 7.11 Å². The maximum Gasteiger partial charge on any atom is 0.337 e. The Bertz CT molecular complexity index is 767. The molecule has 0 aromatic heterocycles. The van der Waals surface area contributed by atoms with Gasteiger partial charge in [-0.05, 0) is 37.3 Å². The lowest BCUT2D eigenvalue weighted by atomic mass is 10.1. The Balaban J connectivity index is 2.30. The molecule has 0 atom stereocenters. The van der Waals surface area contributed by atoms with Crippen molar-refractivity contribution in [3.05, 3.63) is 63.7 Å². The summed E-state index contributed by atoms with van der Waals surface area (Å²) < 4.78 is 10.2. The van der Waals surface area contributed by atoms with Gasteiger partial charge in [0.2, 0.25) is 0 Å². The van der Waals surface area contributed by atoms with E-state index < -0.39 is 10.9 Å². The number of methoxy groups -OCH3 is 1. The lowest BCUT2D eigenvalue weighted by Crippen LogP contribution is -2.01. The first-order valence-corrected chi connectivity index (χ1v) is 6.58. The lowest BCUT2D eigenvalue weighted by Gasteiger charge is -2.09. The quantitative estimate of drug-likeness (QED) is 0.363. The van der Waals surface area contributed by atoms with Crippen LogP contribution in [-0.4, -0.2) is 23.8 Å². The minimum Gasteiger partial charge on any atom is -0.465 e. The fourth-order valence-electron chi connectivity index (χ4n) is 1.90. The van der Waals surface area contributed by atoms with Crippen molar-refractivity contribution in [2.45, 2.75) is 6.92 Å². The Labute approximate surface area is 131 Å². The highest BCUT2D eigenvalue weighted by Crippen LogP contribution is 2.29. The van der Waals surface area contributed by atoms with E-state index in [-0.39, 0.29) is 22.8 Å². The van der Waals surface area contributed by atoms with Crippen LogP contribution in [0.3, 0.4) is 0 Å². The summed E-state index contributed by atoms with van der Waals surface area (Å²) in [4.78, 5) is 33.2. The highest BCUT2D eigenvalue weighted by Gasteiger charge is 2.16. The molecule has 0 radical (unpaired) electrons. The molecule has 23 heavy (non-hydrogen) atoms. The zero-order valence-electron chi connectivity index (χ0n) is 12.4. The summed E-state index contributed by atoms with van der Waals surface area (Å²) in [6.45, 7) is 1.30. The molecule has 0 heterocycles. The topological polar surface area (TPSA) is 95.7 Å². The number of Topliss-reactive ketones (excluding diaryl/α,β-unsaturated/α-hetero) is 1. The average molecular weight is 315 g/mol. The Kier molecular flexibility index (Phi) is 4.70. The number of esters is 1. The molecule has 0 amide bonds. The van der Waals surface area contributed by atoms with E-state index in [9.17, 15) is 19.7 Å². The summed E-state index contributed by atoms with van der Waals surface area (Å²) in [5.74, 6) is -0.242. The van der Waals surface area contributed by atoms with E-state index in [4.69, 9.17) is 4.74 Å². The van der Waals surface area contributed by atoms with Gasteiger partial charge in [0.1, 0.15) is 11.5 Å². The number of nitro groups is 1. The Morgan fingerprint density at radius 2 is 1.74 bits per heavy atom. The van der Waals surface area contributed by atoms with Crippen molar-refractivity contribution in [2.24, 2.45) is 0 Å². The molecule has 2 aromatic carbocycles. The van der Waals surface area contributed by atoms with Gasteiger partial charge >= 0.3 is 5.97 Å².